The third-order valence-corrected chi connectivity index (χ3v) is 9.58. The minimum absolute atomic E-state index is 0.0264. The molecule has 3 rings (SSSR count). The van der Waals surface area contributed by atoms with Gasteiger partial charge >= 0.3 is 0 Å². The Morgan fingerprint density at radius 1 is 1.33 bits per heavy atom. The van der Waals surface area contributed by atoms with E-state index in [9.17, 15) is 5.11 Å². The fourth-order valence-electron chi connectivity index (χ4n) is 2.60. The molecule has 0 aromatic rings. The van der Waals surface area contributed by atoms with Crippen LogP contribution in [0.5, 0.6) is 0 Å². The van der Waals surface area contributed by atoms with Gasteiger partial charge in [-0.2, -0.15) is 0 Å². The minimum Gasteiger partial charge on any atom is -0.414 e. The zero-order valence-corrected chi connectivity index (χ0v) is 12.9. The highest BCUT2D eigenvalue weighted by Gasteiger charge is 2.73. The van der Waals surface area contributed by atoms with Crippen molar-refractivity contribution in [1.29, 1.82) is 0 Å². The highest BCUT2D eigenvalue weighted by Crippen LogP contribution is 2.56. The molecule has 5 atom stereocenters. The Morgan fingerprint density at radius 3 is 2.61 bits per heavy atom. The summed E-state index contributed by atoms with van der Waals surface area (Å²) in [4.78, 5) is 0. The van der Waals surface area contributed by atoms with Crippen LogP contribution in [-0.4, -0.2) is 50.0 Å². The van der Waals surface area contributed by atoms with Gasteiger partial charge in [-0.05, 0) is 18.1 Å². The number of hydrogen-bond acceptors (Lipinski definition) is 4. The van der Waals surface area contributed by atoms with Crippen LogP contribution in [0.1, 0.15) is 27.2 Å². The van der Waals surface area contributed by atoms with Crippen molar-refractivity contribution in [1.82, 2.24) is 0 Å². The lowest BCUT2D eigenvalue weighted by atomic mass is 9.88. The van der Waals surface area contributed by atoms with Crippen molar-refractivity contribution in [2.24, 2.45) is 0 Å². The van der Waals surface area contributed by atoms with Gasteiger partial charge in [-0.1, -0.05) is 20.8 Å². The number of fused-ring (bicyclic) bond motifs is 3. The molecular formula is C13H24O4Si. The number of epoxide rings is 2. The molecule has 4 nitrogen and oxygen atoms in total. The van der Waals surface area contributed by atoms with Gasteiger partial charge in [-0.3, -0.25) is 0 Å². The van der Waals surface area contributed by atoms with Crippen LogP contribution >= 0.6 is 0 Å². The van der Waals surface area contributed by atoms with Crippen LogP contribution in [0.4, 0.5) is 0 Å². The highest BCUT2D eigenvalue weighted by atomic mass is 28.4. The summed E-state index contributed by atoms with van der Waals surface area (Å²) in [6.45, 7) is 11.8. The summed E-state index contributed by atoms with van der Waals surface area (Å²) in [6.07, 6.45) is 0.593. The van der Waals surface area contributed by atoms with Crippen LogP contribution in [0, 0.1) is 0 Å². The number of rotatable bonds is 3. The van der Waals surface area contributed by atoms with Crippen LogP contribution in [0.15, 0.2) is 0 Å². The fraction of sp³-hybridized carbons (Fsp3) is 1.00. The first-order valence-electron chi connectivity index (χ1n) is 6.82. The van der Waals surface area contributed by atoms with E-state index in [4.69, 9.17) is 13.9 Å². The van der Waals surface area contributed by atoms with Gasteiger partial charge in [0.1, 0.15) is 23.9 Å². The number of aliphatic hydroxyl groups is 1. The normalized spacial score (nSPS) is 46.3. The van der Waals surface area contributed by atoms with E-state index in [0.717, 1.165) is 0 Å². The van der Waals surface area contributed by atoms with Crippen LogP contribution in [0.25, 0.3) is 0 Å². The summed E-state index contributed by atoms with van der Waals surface area (Å²) in [7, 11) is -1.74. The van der Waals surface area contributed by atoms with E-state index in [1.807, 2.05) is 0 Å². The van der Waals surface area contributed by atoms with E-state index >= 15 is 0 Å². The van der Waals surface area contributed by atoms with Crippen molar-refractivity contribution < 1.29 is 19.0 Å². The SMILES string of the molecule is CC(C)(C)[Si](C)(C)OC[C@]12C[C@@H](O)[C@@H]3O[C@@H]3[C@H]1O2. The van der Waals surface area contributed by atoms with E-state index < -0.39 is 8.32 Å². The largest absolute Gasteiger partial charge is 0.414 e. The van der Waals surface area contributed by atoms with Crippen LogP contribution in [0.3, 0.4) is 0 Å². The molecule has 104 valence electrons. The van der Waals surface area contributed by atoms with E-state index in [0.29, 0.717) is 13.0 Å². The molecule has 18 heavy (non-hydrogen) atoms. The monoisotopic (exact) mass is 272 g/mol. The standard InChI is InChI=1S/C13H24O4Si/c1-12(2,3)18(4,5)15-7-13-6-8(14)9-10(16-9)11(13)17-13/h8-11,14H,6-7H2,1-5H3/t8-,9+,10+,11-,13-/m1/s1. The van der Waals surface area contributed by atoms with Crippen LogP contribution < -0.4 is 0 Å². The molecule has 0 amide bonds. The lowest BCUT2D eigenvalue weighted by Gasteiger charge is -2.37. The summed E-state index contributed by atoms with van der Waals surface area (Å²) < 4.78 is 17.5. The predicted molar refractivity (Wildman–Crippen MR) is 70.0 cm³/mol. The molecule has 0 spiro atoms. The lowest BCUT2D eigenvalue weighted by Crippen LogP contribution is -2.46. The number of hydrogen-bond donors (Lipinski definition) is 1. The Bertz CT molecular complexity index is 362. The molecular weight excluding hydrogens is 248 g/mol. The van der Waals surface area contributed by atoms with Crippen LogP contribution in [0.2, 0.25) is 18.1 Å². The highest BCUT2D eigenvalue weighted by molar-refractivity contribution is 6.74. The number of aliphatic hydroxyl groups excluding tert-OH is 1. The first-order valence-corrected chi connectivity index (χ1v) is 9.72. The summed E-state index contributed by atoms with van der Waals surface area (Å²) in [5.41, 5.74) is -0.257. The third-order valence-electron chi connectivity index (χ3n) is 5.10. The van der Waals surface area contributed by atoms with Crippen LogP contribution in [-0.2, 0) is 13.9 Å². The van der Waals surface area contributed by atoms with E-state index in [2.05, 4.69) is 33.9 Å². The summed E-state index contributed by atoms with van der Waals surface area (Å²) in [6, 6.07) is 0. The molecule has 2 heterocycles. The lowest BCUT2D eigenvalue weighted by molar-refractivity contribution is 0.0739. The molecule has 0 aromatic carbocycles. The Labute approximate surface area is 110 Å². The van der Waals surface area contributed by atoms with Crippen molar-refractivity contribution in [2.45, 2.75) is 75.3 Å². The topological polar surface area (TPSA) is 54.5 Å². The van der Waals surface area contributed by atoms with Gasteiger partial charge in [0.15, 0.2) is 8.32 Å². The zero-order chi connectivity index (χ0) is 13.3. The molecule has 3 fully saturated rings. The van der Waals surface area contributed by atoms with E-state index in [-0.39, 0.29) is 35.1 Å². The second kappa shape index (κ2) is 3.58. The van der Waals surface area contributed by atoms with Crippen molar-refractivity contribution >= 4 is 8.32 Å². The van der Waals surface area contributed by atoms with E-state index in [1.165, 1.54) is 0 Å². The van der Waals surface area contributed by atoms with Crippen molar-refractivity contribution in [2.75, 3.05) is 6.61 Å². The van der Waals surface area contributed by atoms with Crippen molar-refractivity contribution in [3.8, 4) is 0 Å². The molecule has 2 aliphatic heterocycles. The maximum Gasteiger partial charge on any atom is 0.192 e. The molecule has 2 saturated heterocycles. The minimum atomic E-state index is -1.74. The smallest absolute Gasteiger partial charge is 0.192 e. The van der Waals surface area contributed by atoms with Gasteiger partial charge in [-0.15, -0.1) is 0 Å². The quantitative estimate of drug-likeness (QED) is 0.627. The Kier molecular flexibility index (Phi) is 2.60. The average Bonchev–Trinajstić information content (AvgIpc) is 3.06. The molecule has 0 bridgehead atoms. The molecule has 1 aliphatic carbocycles. The Morgan fingerprint density at radius 2 is 2.00 bits per heavy atom. The molecule has 0 radical (unpaired) electrons. The molecule has 5 heteroatoms. The molecule has 0 unspecified atom stereocenters. The van der Waals surface area contributed by atoms with Gasteiger partial charge in [0.25, 0.3) is 0 Å². The Hall–Kier alpha value is 0.0569. The predicted octanol–water partition coefficient (Wildman–Crippen LogP) is 1.68. The fourth-order valence-corrected chi connectivity index (χ4v) is 3.64. The molecule has 3 aliphatic rings. The first kappa shape index (κ1) is 13.1. The van der Waals surface area contributed by atoms with Crippen molar-refractivity contribution in [3.63, 3.8) is 0 Å². The first-order chi connectivity index (χ1) is 8.16. The van der Waals surface area contributed by atoms with E-state index in [1.54, 1.807) is 0 Å². The second-order valence-electron chi connectivity index (χ2n) is 7.49. The average molecular weight is 272 g/mol. The third kappa shape index (κ3) is 1.88. The maximum atomic E-state index is 9.92. The Balaban J connectivity index is 1.62. The van der Waals surface area contributed by atoms with Gasteiger partial charge in [0.2, 0.25) is 0 Å². The van der Waals surface area contributed by atoms with Gasteiger partial charge < -0.3 is 19.0 Å². The summed E-state index contributed by atoms with van der Waals surface area (Å²) in [5, 5.41) is 10.1. The summed E-state index contributed by atoms with van der Waals surface area (Å²) in [5.74, 6) is 0. The number of ether oxygens (including phenoxy) is 2. The molecule has 0 aromatic heterocycles. The molecule has 1 N–H and O–H groups in total. The maximum absolute atomic E-state index is 9.92. The van der Waals surface area contributed by atoms with Gasteiger partial charge in [-0.25, -0.2) is 0 Å². The second-order valence-corrected chi connectivity index (χ2v) is 12.3. The van der Waals surface area contributed by atoms with Gasteiger partial charge in [0, 0.05) is 6.42 Å². The van der Waals surface area contributed by atoms with Gasteiger partial charge in [0.05, 0.1) is 12.7 Å². The summed E-state index contributed by atoms with van der Waals surface area (Å²) >= 11 is 0. The zero-order valence-electron chi connectivity index (χ0n) is 11.9. The van der Waals surface area contributed by atoms with Crippen molar-refractivity contribution in [3.05, 3.63) is 0 Å². The molecule has 1 saturated carbocycles.